The van der Waals surface area contributed by atoms with Crippen molar-refractivity contribution in [1.29, 1.82) is 0 Å². The zero-order valence-electron chi connectivity index (χ0n) is 19.9. The largest absolute Gasteiger partial charge is 0.508 e. The number of carboxylic acids is 1. The van der Waals surface area contributed by atoms with Crippen molar-refractivity contribution >= 4 is 23.7 Å². The molecule has 0 bridgehead atoms. The lowest BCUT2D eigenvalue weighted by Crippen LogP contribution is -2.58. The van der Waals surface area contributed by atoms with E-state index in [0.717, 1.165) is 5.56 Å². The Hall–Kier alpha value is -3.18. The quantitative estimate of drug-likeness (QED) is 0.175. The molecule has 0 aliphatic rings. The zero-order valence-corrected chi connectivity index (χ0v) is 19.9. The predicted octanol–water partition coefficient (Wildman–Crippen LogP) is -0.394. The van der Waals surface area contributed by atoms with E-state index in [0.29, 0.717) is 25.8 Å². The van der Waals surface area contributed by atoms with Crippen LogP contribution in [-0.2, 0) is 25.6 Å². The Morgan fingerprint density at radius 1 is 0.912 bits per heavy atom. The van der Waals surface area contributed by atoms with Crippen molar-refractivity contribution in [2.75, 3.05) is 6.54 Å². The number of carbonyl (C=O) groups excluding carboxylic acids is 3. The molecule has 1 aromatic carbocycles. The number of hydrogen-bond donors (Lipinski definition) is 7. The first-order valence-corrected chi connectivity index (χ1v) is 11.3. The van der Waals surface area contributed by atoms with Gasteiger partial charge in [-0.25, -0.2) is 0 Å². The molecule has 4 unspecified atom stereocenters. The third-order valence-corrected chi connectivity index (χ3v) is 5.28. The second-order valence-corrected chi connectivity index (χ2v) is 8.62. The molecule has 0 aliphatic carbocycles. The van der Waals surface area contributed by atoms with Crippen molar-refractivity contribution in [2.45, 2.75) is 70.6 Å². The smallest absolute Gasteiger partial charge is 0.325 e. The van der Waals surface area contributed by atoms with Gasteiger partial charge < -0.3 is 37.6 Å². The van der Waals surface area contributed by atoms with Crippen LogP contribution in [0.3, 0.4) is 0 Å². The lowest BCUT2D eigenvalue weighted by atomic mass is 10.0. The highest BCUT2D eigenvalue weighted by Gasteiger charge is 2.30. The standard InChI is InChI=1S/C23H37N5O6/c1-13(2)19(22(32)26-14(3)23(33)34)28-21(31)18(6-4-5-11-24)27-20(30)17(25)12-15-7-9-16(29)10-8-15/h7-10,13-14,17-19,29H,4-6,11-12,24-25H2,1-3H3,(H,26,32)(H,27,30)(H,28,31)(H,33,34). The Labute approximate surface area is 199 Å². The van der Waals surface area contributed by atoms with Gasteiger partial charge in [-0.15, -0.1) is 0 Å². The van der Waals surface area contributed by atoms with Crippen LogP contribution in [0.5, 0.6) is 5.75 Å². The SMILES string of the molecule is CC(NC(=O)C(NC(=O)C(CCCCN)NC(=O)C(N)Cc1ccc(O)cc1)C(C)C)C(=O)O. The number of rotatable bonds is 14. The normalized spacial score (nSPS) is 14.5. The summed E-state index contributed by atoms with van der Waals surface area (Å²) in [6.07, 6.45) is 1.70. The van der Waals surface area contributed by atoms with Crippen molar-refractivity contribution in [2.24, 2.45) is 17.4 Å². The number of nitrogens with two attached hydrogens (primary N) is 2. The fourth-order valence-electron chi connectivity index (χ4n) is 3.17. The fourth-order valence-corrected chi connectivity index (χ4v) is 3.17. The Morgan fingerprint density at radius 3 is 2.06 bits per heavy atom. The molecule has 1 rings (SSSR count). The molecule has 0 fully saturated rings. The molecule has 0 heterocycles. The lowest BCUT2D eigenvalue weighted by Gasteiger charge is -2.26. The van der Waals surface area contributed by atoms with Gasteiger partial charge in [-0.3, -0.25) is 19.2 Å². The summed E-state index contributed by atoms with van der Waals surface area (Å²) in [4.78, 5) is 49.3. The predicted molar refractivity (Wildman–Crippen MR) is 127 cm³/mol. The number of aromatic hydroxyl groups is 1. The molecule has 4 atom stereocenters. The third kappa shape index (κ3) is 9.75. The highest BCUT2D eigenvalue weighted by molar-refractivity contribution is 5.94. The molecule has 1 aromatic rings. The minimum atomic E-state index is -1.20. The molecule has 190 valence electrons. The number of carboxylic acid groups (broad SMARTS) is 1. The summed E-state index contributed by atoms with van der Waals surface area (Å²) >= 11 is 0. The second kappa shape index (κ2) is 14.2. The maximum Gasteiger partial charge on any atom is 0.325 e. The van der Waals surface area contributed by atoms with E-state index in [1.807, 2.05) is 0 Å². The van der Waals surface area contributed by atoms with Crippen LogP contribution in [0.2, 0.25) is 0 Å². The topological polar surface area (TPSA) is 197 Å². The van der Waals surface area contributed by atoms with E-state index < -0.39 is 47.9 Å². The molecule has 0 saturated heterocycles. The summed E-state index contributed by atoms with van der Waals surface area (Å²) in [6, 6.07) is 2.29. The van der Waals surface area contributed by atoms with Gasteiger partial charge in [0.2, 0.25) is 17.7 Å². The fraction of sp³-hybridized carbons (Fsp3) is 0.565. The summed E-state index contributed by atoms with van der Waals surface area (Å²) in [7, 11) is 0. The highest BCUT2D eigenvalue weighted by atomic mass is 16.4. The monoisotopic (exact) mass is 479 g/mol. The van der Waals surface area contributed by atoms with E-state index in [-0.39, 0.29) is 18.1 Å². The molecular weight excluding hydrogens is 442 g/mol. The van der Waals surface area contributed by atoms with Gasteiger partial charge in [0, 0.05) is 0 Å². The number of amides is 3. The van der Waals surface area contributed by atoms with Gasteiger partial charge >= 0.3 is 5.97 Å². The van der Waals surface area contributed by atoms with E-state index in [1.165, 1.54) is 19.1 Å². The Balaban J connectivity index is 2.88. The van der Waals surface area contributed by atoms with Crippen LogP contribution in [0.15, 0.2) is 24.3 Å². The summed E-state index contributed by atoms with van der Waals surface area (Å²) in [5, 5.41) is 26.1. The van der Waals surface area contributed by atoms with E-state index >= 15 is 0 Å². The zero-order chi connectivity index (χ0) is 25.8. The van der Waals surface area contributed by atoms with E-state index in [4.69, 9.17) is 16.6 Å². The first-order chi connectivity index (χ1) is 16.0. The van der Waals surface area contributed by atoms with Gasteiger partial charge in [-0.1, -0.05) is 26.0 Å². The van der Waals surface area contributed by atoms with Crippen molar-refractivity contribution in [3.8, 4) is 5.75 Å². The average Bonchev–Trinajstić information content (AvgIpc) is 2.77. The van der Waals surface area contributed by atoms with Gasteiger partial charge in [-0.2, -0.15) is 0 Å². The van der Waals surface area contributed by atoms with Crippen molar-refractivity contribution in [3.63, 3.8) is 0 Å². The van der Waals surface area contributed by atoms with Gasteiger partial charge in [0.1, 0.15) is 23.9 Å². The minimum Gasteiger partial charge on any atom is -0.508 e. The van der Waals surface area contributed by atoms with Gasteiger partial charge in [0.05, 0.1) is 6.04 Å². The molecule has 0 aliphatic heterocycles. The maximum atomic E-state index is 13.0. The summed E-state index contributed by atoms with van der Waals surface area (Å²) in [6.45, 7) is 5.18. The number of hydrogen-bond acceptors (Lipinski definition) is 7. The maximum absolute atomic E-state index is 13.0. The average molecular weight is 480 g/mol. The van der Waals surface area contributed by atoms with Crippen LogP contribution in [0.25, 0.3) is 0 Å². The Bertz CT molecular complexity index is 830. The molecule has 11 heteroatoms. The molecule has 0 saturated carbocycles. The Morgan fingerprint density at radius 2 is 1.53 bits per heavy atom. The van der Waals surface area contributed by atoms with Crippen LogP contribution < -0.4 is 27.4 Å². The summed E-state index contributed by atoms with van der Waals surface area (Å²) < 4.78 is 0. The molecule has 34 heavy (non-hydrogen) atoms. The molecule has 11 nitrogen and oxygen atoms in total. The van der Waals surface area contributed by atoms with Gasteiger partial charge in [-0.05, 0) is 62.8 Å². The van der Waals surface area contributed by atoms with Crippen LogP contribution in [0.1, 0.15) is 45.6 Å². The first kappa shape index (κ1) is 28.9. The molecule has 9 N–H and O–H groups in total. The number of phenols is 1. The number of carbonyl (C=O) groups is 4. The number of nitrogens with one attached hydrogen (secondary N) is 3. The molecular formula is C23H37N5O6. The van der Waals surface area contributed by atoms with Crippen LogP contribution in [-0.4, -0.2) is 64.6 Å². The van der Waals surface area contributed by atoms with E-state index in [1.54, 1.807) is 26.0 Å². The molecule has 0 aromatic heterocycles. The minimum absolute atomic E-state index is 0.0971. The van der Waals surface area contributed by atoms with Crippen LogP contribution in [0.4, 0.5) is 0 Å². The number of aliphatic carboxylic acids is 1. The molecule has 0 radical (unpaired) electrons. The van der Waals surface area contributed by atoms with Crippen LogP contribution in [0, 0.1) is 5.92 Å². The van der Waals surface area contributed by atoms with E-state index in [9.17, 15) is 24.3 Å². The van der Waals surface area contributed by atoms with Gasteiger partial charge in [0.25, 0.3) is 0 Å². The van der Waals surface area contributed by atoms with Crippen molar-refractivity contribution in [3.05, 3.63) is 29.8 Å². The number of benzene rings is 1. The van der Waals surface area contributed by atoms with E-state index in [2.05, 4.69) is 16.0 Å². The third-order valence-electron chi connectivity index (χ3n) is 5.28. The lowest BCUT2D eigenvalue weighted by molar-refractivity contribution is -0.142. The molecule has 0 spiro atoms. The second-order valence-electron chi connectivity index (χ2n) is 8.62. The highest BCUT2D eigenvalue weighted by Crippen LogP contribution is 2.11. The van der Waals surface area contributed by atoms with Gasteiger partial charge in [0.15, 0.2) is 0 Å². The summed E-state index contributed by atoms with van der Waals surface area (Å²) in [5.74, 6) is -3.17. The molecule has 3 amide bonds. The van der Waals surface area contributed by atoms with Crippen molar-refractivity contribution in [1.82, 2.24) is 16.0 Å². The number of unbranched alkanes of at least 4 members (excludes halogenated alkanes) is 1. The van der Waals surface area contributed by atoms with Crippen LogP contribution >= 0.6 is 0 Å². The van der Waals surface area contributed by atoms with Crippen molar-refractivity contribution < 1.29 is 29.4 Å². The summed E-state index contributed by atoms with van der Waals surface area (Å²) in [5.41, 5.74) is 12.3. The first-order valence-electron chi connectivity index (χ1n) is 11.3. The Kier molecular flexibility index (Phi) is 12.0. The number of phenolic OH excluding ortho intramolecular Hbond substituents is 1.